The molecule has 160 valence electrons. The van der Waals surface area contributed by atoms with E-state index in [4.69, 9.17) is 4.74 Å². The molecule has 2 fully saturated rings. The monoisotopic (exact) mass is 419 g/mol. The van der Waals surface area contributed by atoms with Crippen molar-refractivity contribution in [2.24, 2.45) is 0 Å². The number of Topliss-reactive ketones (excluding diaryl/α,β-unsaturated/α-hetero) is 1. The van der Waals surface area contributed by atoms with Gasteiger partial charge < -0.3 is 15.0 Å². The Morgan fingerprint density at radius 2 is 1.87 bits per heavy atom. The topological polar surface area (TPSA) is 79.0 Å². The van der Waals surface area contributed by atoms with Crippen LogP contribution < -0.4 is 15.0 Å². The third-order valence-electron chi connectivity index (χ3n) is 6.44. The van der Waals surface area contributed by atoms with Crippen molar-refractivity contribution in [2.75, 3.05) is 31.1 Å². The number of amides is 3. The average molecular weight is 419 g/mol. The highest BCUT2D eigenvalue weighted by molar-refractivity contribution is 6.00. The zero-order valence-electron chi connectivity index (χ0n) is 17.3. The van der Waals surface area contributed by atoms with Crippen molar-refractivity contribution in [3.63, 3.8) is 0 Å². The van der Waals surface area contributed by atoms with Crippen molar-refractivity contribution < 1.29 is 19.1 Å². The highest BCUT2D eigenvalue weighted by Crippen LogP contribution is 2.39. The van der Waals surface area contributed by atoms with Crippen LogP contribution in [0.4, 0.5) is 10.5 Å². The molecule has 1 unspecified atom stereocenters. The number of urea groups is 1. The molecule has 0 saturated carbocycles. The summed E-state index contributed by atoms with van der Waals surface area (Å²) in [7, 11) is 0. The SMILES string of the molecule is O=C1CC2(CCCN(C(=O)c3cccc(N4CCNC4=O)c3)CC2)Oc2ccccc21. The minimum atomic E-state index is -0.546. The smallest absolute Gasteiger partial charge is 0.321 e. The Kier molecular flexibility index (Phi) is 4.88. The van der Waals surface area contributed by atoms with Gasteiger partial charge >= 0.3 is 6.03 Å². The second kappa shape index (κ2) is 7.72. The summed E-state index contributed by atoms with van der Waals surface area (Å²) in [4.78, 5) is 41.4. The molecule has 1 spiro atoms. The standard InChI is InChI=1S/C24H25N3O4/c28-20-16-24(31-21-8-2-1-7-19(20)21)9-4-12-26(13-10-24)22(29)17-5-3-6-18(15-17)27-14-11-25-23(27)30/h1-3,5-8,15H,4,9-14,16H2,(H,25,30). The number of rotatable bonds is 2. The van der Waals surface area contributed by atoms with Gasteiger partial charge in [-0.1, -0.05) is 18.2 Å². The van der Waals surface area contributed by atoms with Crippen LogP contribution in [-0.2, 0) is 0 Å². The first-order chi connectivity index (χ1) is 15.0. The van der Waals surface area contributed by atoms with E-state index < -0.39 is 5.60 Å². The summed E-state index contributed by atoms with van der Waals surface area (Å²) in [6, 6.07) is 14.5. The maximum absolute atomic E-state index is 13.2. The van der Waals surface area contributed by atoms with E-state index in [1.807, 2.05) is 41.3 Å². The fourth-order valence-corrected chi connectivity index (χ4v) is 4.80. The molecule has 7 nitrogen and oxygen atoms in total. The van der Waals surface area contributed by atoms with Gasteiger partial charge in [-0.15, -0.1) is 0 Å². The van der Waals surface area contributed by atoms with Gasteiger partial charge in [-0.2, -0.15) is 0 Å². The van der Waals surface area contributed by atoms with E-state index in [1.165, 1.54) is 0 Å². The quantitative estimate of drug-likeness (QED) is 0.811. The number of nitrogens with zero attached hydrogens (tertiary/aromatic N) is 2. The summed E-state index contributed by atoms with van der Waals surface area (Å²) in [6.45, 7) is 2.35. The summed E-state index contributed by atoms with van der Waals surface area (Å²) in [5.74, 6) is 0.703. The number of hydrogen-bond acceptors (Lipinski definition) is 4. The second-order valence-electron chi connectivity index (χ2n) is 8.46. The van der Waals surface area contributed by atoms with Gasteiger partial charge in [0, 0.05) is 43.9 Å². The largest absolute Gasteiger partial charge is 0.486 e. The number of likely N-dealkylation sites (tertiary alicyclic amines) is 1. The number of ketones is 1. The normalized spacial score (nSPS) is 23.2. The number of hydrogen-bond donors (Lipinski definition) is 1. The predicted molar refractivity (Wildman–Crippen MR) is 116 cm³/mol. The molecule has 1 N–H and O–H groups in total. The zero-order chi connectivity index (χ0) is 21.4. The van der Waals surface area contributed by atoms with Gasteiger partial charge in [0.1, 0.15) is 11.4 Å². The van der Waals surface area contributed by atoms with Crippen LogP contribution in [0.15, 0.2) is 48.5 Å². The van der Waals surface area contributed by atoms with Gasteiger partial charge in [0.2, 0.25) is 0 Å². The van der Waals surface area contributed by atoms with Crippen LogP contribution in [-0.4, -0.2) is 54.4 Å². The minimum absolute atomic E-state index is 0.0546. The van der Waals surface area contributed by atoms with Crippen molar-refractivity contribution in [1.29, 1.82) is 0 Å². The van der Waals surface area contributed by atoms with Gasteiger partial charge in [0.05, 0.1) is 12.0 Å². The first-order valence-electron chi connectivity index (χ1n) is 10.8. The Hall–Kier alpha value is -3.35. The summed E-state index contributed by atoms with van der Waals surface area (Å²) >= 11 is 0. The van der Waals surface area contributed by atoms with Crippen LogP contribution in [0.25, 0.3) is 0 Å². The first-order valence-corrected chi connectivity index (χ1v) is 10.8. The van der Waals surface area contributed by atoms with Gasteiger partial charge in [0.15, 0.2) is 5.78 Å². The third kappa shape index (κ3) is 3.65. The van der Waals surface area contributed by atoms with Crippen LogP contribution in [0, 0.1) is 0 Å². The Morgan fingerprint density at radius 3 is 2.71 bits per heavy atom. The van der Waals surface area contributed by atoms with Gasteiger partial charge in [0.25, 0.3) is 5.91 Å². The Labute approximate surface area is 181 Å². The van der Waals surface area contributed by atoms with Crippen LogP contribution in [0.5, 0.6) is 5.75 Å². The van der Waals surface area contributed by atoms with Gasteiger partial charge in [-0.25, -0.2) is 4.79 Å². The number of ether oxygens (including phenoxy) is 1. The molecule has 0 aromatic heterocycles. The maximum Gasteiger partial charge on any atom is 0.321 e. The van der Waals surface area contributed by atoms with Gasteiger partial charge in [-0.3, -0.25) is 14.5 Å². The minimum Gasteiger partial charge on any atom is -0.486 e. The number of anilines is 1. The molecule has 31 heavy (non-hydrogen) atoms. The number of carbonyl (C=O) groups excluding carboxylic acids is 3. The number of carbonyl (C=O) groups is 3. The van der Waals surface area contributed by atoms with Crippen molar-refractivity contribution in [1.82, 2.24) is 10.2 Å². The van der Waals surface area contributed by atoms with Crippen LogP contribution in [0.1, 0.15) is 46.4 Å². The van der Waals surface area contributed by atoms with Crippen LogP contribution >= 0.6 is 0 Å². The molecule has 2 aromatic carbocycles. The first kappa shape index (κ1) is 19.6. The molecule has 3 aliphatic heterocycles. The Balaban J connectivity index is 1.32. The van der Waals surface area contributed by atoms with Crippen LogP contribution in [0.2, 0.25) is 0 Å². The summed E-state index contributed by atoms with van der Waals surface area (Å²) in [5, 5.41) is 2.78. The van der Waals surface area contributed by atoms with Crippen molar-refractivity contribution >= 4 is 23.4 Å². The number of fused-ring (bicyclic) bond motifs is 1. The molecule has 0 aliphatic carbocycles. The second-order valence-corrected chi connectivity index (χ2v) is 8.46. The molecule has 2 aromatic rings. The fourth-order valence-electron chi connectivity index (χ4n) is 4.80. The van der Waals surface area contributed by atoms with Gasteiger partial charge in [-0.05, 0) is 43.2 Å². The van der Waals surface area contributed by atoms with E-state index in [-0.39, 0.29) is 17.7 Å². The molecular formula is C24H25N3O4. The molecule has 5 rings (SSSR count). The lowest BCUT2D eigenvalue weighted by Gasteiger charge is -2.37. The molecule has 3 heterocycles. The Morgan fingerprint density at radius 1 is 1.00 bits per heavy atom. The average Bonchev–Trinajstić information content (AvgIpc) is 3.11. The van der Waals surface area contributed by atoms with E-state index in [9.17, 15) is 14.4 Å². The van der Waals surface area contributed by atoms with Crippen LogP contribution in [0.3, 0.4) is 0 Å². The van der Waals surface area contributed by atoms with E-state index in [0.29, 0.717) is 55.9 Å². The van der Waals surface area contributed by atoms with E-state index >= 15 is 0 Å². The Bertz CT molecular complexity index is 1050. The molecule has 0 radical (unpaired) electrons. The maximum atomic E-state index is 13.2. The molecule has 3 aliphatic rings. The predicted octanol–water partition coefficient (Wildman–Crippen LogP) is 3.25. The summed E-state index contributed by atoms with van der Waals surface area (Å²) < 4.78 is 6.33. The molecule has 2 saturated heterocycles. The summed E-state index contributed by atoms with van der Waals surface area (Å²) in [6.07, 6.45) is 2.49. The highest BCUT2D eigenvalue weighted by atomic mass is 16.5. The number of benzene rings is 2. The van der Waals surface area contributed by atoms with E-state index in [0.717, 1.165) is 18.5 Å². The number of nitrogens with one attached hydrogen (secondary N) is 1. The van der Waals surface area contributed by atoms with E-state index in [2.05, 4.69) is 5.32 Å². The zero-order valence-corrected chi connectivity index (χ0v) is 17.3. The fraction of sp³-hybridized carbons (Fsp3) is 0.375. The lowest BCUT2D eigenvalue weighted by atomic mass is 9.84. The number of para-hydroxylation sites is 1. The lowest BCUT2D eigenvalue weighted by molar-refractivity contribution is 0.0300. The molecular weight excluding hydrogens is 394 g/mol. The van der Waals surface area contributed by atoms with Crippen molar-refractivity contribution in [3.05, 3.63) is 59.7 Å². The molecule has 3 amide bonds. The van der Waals surface area contributed by atoms with E-state index in [1.54, 1.807) is 17.0 Å². The lowest BCUT2D eigenvalue weighted by Crippen LogP contribution is -2.43. The molecule has 1 atom stereocenters. The third-order valence-corrected chi connectivity index (χ3v) is 6.44. The summed E-state index contributed by atoms with van der Waals surface area (Å²) in [5.41, 5.74) is 1.40. The molecule has 0 bridgehead atoms. The molecule has 7 heteroatoms. The highest BCUT2D eigenvalue weighted by Gasteiger charge is 2.42. The van der Waals surface area contributed by atoms with Crippen molar-refractivity contribution in [3.8, 4) is 5.75 Å². The van der Waals surface area contributed by atoms with Crippen molar-refractivity contribution in [2.45, 2.75) is 31.3 Å².